The van der Waals surface area contributed by atoms with Gasteiger partial charge >= 0.3 is 0 Å². The molecule has 0 spiro atoms. The molecule has 0 aliphatic carbocycles. The van der Waals surface area contributed by atoms with E-state index in [2.05, 4.69) is 21.2 Å². The van der Waals surface area contributed by atoms with Crippen LogP contribution >= 0.6 is 39.3 Å². The van der Waals surface area contributed by atoms with Gasteiger partial charge in [-0.2, -0.15) is 0 Å². The molecule has 0 aliphatic heterocycles. The van der Waals surface area contributed by atoms with Gasteiger partial charge in [-0.05, 0) is 55.7 Å². The Kier molecular flexibility index (Phi) is 10.5. The first-order chi connectivity index (χ1) is 17.1. The Morgan fingerprint density at radius 3 is 2.31 bits per heavy atom. The number of thioether (sulfide) groups is 1. The third kappa shape index (κ3) is 8.99. The highest BCUT2D eigenvalue weighted by molar-refractivity contribution is 9.10. The predicted molar refractivity (Wildman–Crippen MR) is 154 cm³/mol. The van der Waals surface area contributed by atoms with Crippen LogP contribution < -0.4 is 5.32 Å². The van der Waals surface area contributed by atoms with Crippen molar-refractivity contribution in [1.29, 1.82) is 0 Å². The van der Waals surface area contributed by atoms with Gasteiger partial charge in [0.15, 0.2) is 0 Å². The lowest BCUT2D eigenvalue weighted by atomic mass is 10.0. The van der Waals surface area contributed by atoms with Crippen LogP contribution in [-0.2, 0) is 28.3 Å². The Morgan fingerprint density at radius 1 is 0.972 bits per heavy atom. The number of amides is 2. The zero-order valence-corrected chi connectivity index (χ0v) is 24.0. The molecule has 190 valence electrons. The molecule has 2 amide bonds. The summed E-state index contributed by atoms with van der Waals surface area (Å²) in [6.07, 6.45) is 0.428. The molecule has 3 aromatic carbocycles. The Balaban J connectivity index is 1.88. The molecule has 0 saturated carbocycles. The molecule has 7 heteroatoms. The fraction of sp³-hybridized carbons (Fsp3) is 0.310. The molecule has 0 fully saturated rings. The van der Waals surface area contributed by atoms with Crippen LogP contribution in [0.2, 0.25) is 5.02 Å². The summed E-state index contributed by atoms with van der Waals surface area (Å²) >= 11 is 11.3. The van der Waals surface area contributed by atoms with Crippen molar-refractivity contribution in [3.05, 3.63) is 105 Å². The maximum Gasteiger partial charge on any atom is 0.243 e. The van der Waals surface area contributed by atoms with Crippen molar-refractivity contribution in [1.82, 2.24) is 10.2 Å². The van der Waals surface area contributed by atoms with E-state index in [0.717, 1.165) is 21.2 Å². The van der Waals surface area contributed by atoms with Gasteiger partial charge < -0.3 is 10.2 Å². The number of carbonyl (C=O) groups excluding carboxylic acids is 2. The Hall–Kier alpha value is -2.28. The molecule has 36 heavy (non-hydrogen) atoms. The maximum atomic E-state index is 13.7. The van der Waals surface area contributed by atoms with Crippen molar-refractivity contribution in [2.24, 2.45) is 0 Å². The molecular formula is C29H32BrClN2O2S. The molecule has 4 nitrogen and oxygen atoms in total. The third-order valence-electron chi connectivity index (χ3n) is 5.45. The van der Waals surface area contributed by atoms with Crippen molar-refractivity contribution in [3.63, 3.8) is 0 Å². The lowest BCUT2D eigenvalue weighted by molar-refractivity contribution is -0.140. The van der Waals surface area contributed by atoms with Crippen molar-refractivity contribution in [3.8, 4) is 0 Å². The van der Waals surface area contributed by atoms with E-state index in [4.69, 9.17) is 11.6 Å². The lowest BCUT2D eigenvalue weighted by Gasteiger charge is -2.34. The van der Waals surface area contributed by atoms with E-state index in [1.807, 2.05) is 99.6 Å². The van der Waals surface area contributed by atoms with E-state index < -0.39 is 11.6 Å². The molecule has 0 aromatic heterocycles. The van der Waals surface area contributed by atoms with Crippen LogP contribution in [0.4, 0.5) is 0 Å². The van der Waals surface area contributed by atoms with E-state index >= 15 is 0 Å². The molecule has 0 bridgehead atoms. The molecule has 0 saturated heterocycles. The topological polar surface area (TPSA) is 49.4 Å². The van der Waals surface area contributed by atoms with Crippen LogP contribution in [0, 0.1) is 0 Å². The van der Waals surface area contributed by atoms with Gasteiger partial charge in [0, 0.05) is 33.8 Å². The zero-order valence-electron chi connectivity index (χ0n) is 20.8. The van der Waals surface area contributed by atoms with Crippen molar-refractivity contribution < 1.29 is 9.59 Å². The largest absolute Gasteiger partial charge is 0.350 e. The van der Waals surface area contributed by atoms with Crippen molar-refractivity contribution in [2.75, 3.05) is 5.75 Å². The first-order valence-corrected chi connectivity index (χ1v) is 14.2. The monoisotopic (exact) mass is 586 g/mol. The second-order valence-electron chi connectivity index (χ2n) is 9.68. The third-order valence-corrected chi connectivity index (χ3v) is 7.28. The molecule has 0 aliphatic rings. The van der Waals surface area contributed by atoms with Gasteiger partial charge in [-0.25, -0.2) is 0 Å². The fourth-order valence-corrected chi connectivity index (χ4v) is 5.43. The van der Waals surface area contributed by atoms with Crippen LogP contribution in [0.25, 0.3) is 0 Å². The highest BCUT2D eigenvalue weighted by Crippen LogP contribution is 2.23. The van der Waals surface area contributed by atoms with Gasteiger partial charge in [0.05, 0.1) is 5.75 Å². The van der Waals surface area contributed by atoms with Crippen LogP contribution in [0.5, 0.6) is 0 Å². The number of carbonyl (C=O) groups is 2. The SMILES string of the molecule is CC(C)(C)NC(=O)C(Cc1ccccc1)N(Cc1cccc(Br)c1)C(=O)CSCc1ccccc1Cl. The summed E-state index contributed by atoms with van der Waals surface area (Å²) in [6, 6.07) is 24.7. The van der Waals surface area contributed by atoms with E-state index in [0.29, 0.717) is 23.7 Å². The van der Waals surface area contributed by atoms with E-state index in [9.17, 15) is 9.59 Å². The molecular weight excluding hydrogens is 556 g/mol. The molecule has 1 unspecified atom stereocenters. The summed E-state index contributed by atoms with van der Waals surface area (Å²) in [5.41, 5.74) is 2.52. The molecule has 1 atom stereocenters. The second kappa shape index (κ2) is 13.3. The summed E-state index contributed by atoms with van der Waals surface area (Å²) in [7, 11) is 0. The second-order valence-corrected chi connectivity index (χ2v) is 12.0. The standard InChI is InChI=1S/C29H32BrClN2O2S/c1-29(2,3)32-28(35)26(17-21-10-5-4-6-11-21)33(18-22-12-9-14-24(30)16-22)27(34)20-36-19-23-13-7-8-15-25(23)31/h4-16,26H,17-20H2,1-3H3,(H,32,35). The fourth-order valence-electron chi connectivity index (χ4n) is 3.79. The molecule has 3 aromatic rings. The van der Waals surface area contributed by atoms with E-state index in [-0.39, 0.29) is 17.6 Å². The highest BCUT2D eigenvalue weighted by atomic mass is 79.9. The van der Waals surface area contributed by atoms with Gasteiger partial charge in [-0.1, -0.05) is 88.2 Å². The molecule has 0 radical (unpaired) electrons. The van der Waals surface area contributed by atoms with Gasteiger partial charge in [-0.15, -0.1) is 11.8 Å². The summed E-state index contributed by atoms with van der Waals surface area (Å²) < 4.78 is 0.930. The number of benzene rings is 3. The minimum Gasteiger partial charge on any atom is -0.350 e. The minimum absolute atomic E-state index is 0.0861. The van der Waals surface area contributed by atoms with Gasteiger partial charge in [-0.3, -0.25) is 9.59 Å². The number of hydrogen-bond donors (Lipinski definition) is 1. The predicted octanol–water partition coefficient (Wildman–Crippen LogP) is 6.89. The first kappa shape index (κ1) is 28.3. The number of hydrogen-bond acceptors (Lipinski definition) is 3. The first-order valence-electron chi connectivity index (χ1n) is 11.8. The number of rotatable bonds is 10. The van der Waals surface area contributed by atoms with Crippen molar-refractivity contribution in [2.45, 2.75) is 51.1 Å². The molecule has 1 N–H and O–H groups in total. The van der Waals surface area contributed by atoms with Gasteiger partial charge in [0.1, 0.15) is 6.04 Å². The maximum absolute atomic E-state index is 13.7. The average Bonchev–Trinajstić information content (AvgIpc) is 2.82. The van der Waals surface area contributed by atoms with Gasteiger partial charge in [0.25, 0.3) is 0 Å². The summed E-state index contributed by atoms with van der Waals surface area (Å²) in [4.78, 5) is 29.0. The summed E-state index contributed by atoms with van der Waals surface area (Å²) in [6.45, 7) is 6.18. The Bertz CT molecular complexity index is 1170. The lowest BCUT2D eigenvalue weighted by Crippen LogP contribution is -2.54. The minimum atomic E-state index is -0.654. The molecule has 0 heterocycles. The molecule has 3 rings (SSSR count). The number of nitrogens with zero attached hydrogens (tertiary/aromatic N) is 1. The van der Waals surface area contributed by atoms with Crippen molar-refractivity contribution >= 4 is 51.1 Å². The zero-order chi connectivity index (χ0) is 26.1. The van der Waals surface area contributed by atoms with Crippen LogP contribution in [0.1, 0.15) is 37.5 Å². The van der Waals surface area contributed by atoms with Gasteiger partial charge in [0.2, 0.25) is 11.8 Å². The quantitative estimate of drug-likeness (QED) is 0.281. The summed E-state index contributed by atoms with van der Waals surface area (Å²) in [5, 5.41) is 3.78. The van der Waals surface area contributed by atoms with Crippen LogP contribution in [-0.4, -0.2) is 34.0 Å². The highest BCUT2D eigenvalue weighted by Gasteiger charge is 2.32. The number of nitrogens with one attached hydrogen (secondary N) is 1. The van der Waals surface area contributed by atoms with E-state index in [1.165, 1.54) is 11.8 Å². The smallest absolute Gasteiger partial charge is 0.243 e. The van der Waals surface area contributed by atoms with Crippen LogP contribution in [0.15, 0.2) is 83.3 Å². The van der Waals surface area contributed by atoms with Crippen LogP contribution in [0.3, 0.4) is 0 Å². The summed E-state index contributed by atoms with van der Waals surface area (Å²) in [5.74, 6) is 0.615. The van der Waals surface area contributed by atoms with E-state index in [1.54, 1.807) is 4.90 Å². The Labute approximate surface area is 231 Å². The number of halogens is 2. The normalized spacial score (nSPS) is 12.1. The Morgan fingerprint density at radius 2 is 1.64 bits per heavy atom. The average molecular weight is 588 g/mol.